The number of imidazole rings is 1. The topological polar surface area (TPSA) is 108 Å². The van der Waals surface area contributed by atoms with Crippen molar-refractivity contribution in [1.29, 1.82) is 5.41 Å². The number of nitrogens with two attached hydrogens (primary N) is 1. The highest BCUT2D eigenvalue weighted by Crippen LogP contribution is 2.48. The van der Waals surface area contributed by atoms with Gasteiger partial charge in [0.25, 0.3) is 0 Å². The van der Waals surface area contributed by atoms with Crippen molar-refractivity contribution in [2.24, 2.45) is 5.73 Å². The predicted octanol–water partition coefficient (Wildman–Crippen LogP) is 3.76. The second-order valence-electron chi connectivity index (χ2n) is 6.46. The van der Waals surface area contributed by atoms with Gasteiger partial charge in [-0.3, -0.25) is 15.1 Å². The number of H-pyrrole nitrogens is 1. The fourth-order valence-corrected chi connectivity index (χ4v) is 4.57. The number of carbonyl (C=O) groups is 1. The summed E-state index contributed by atoms with van der Waals surface area (Å²) in [6.45, 7) is 2.19. The molecule has 28 heavy (non-hydrogen) atoms. The SMILES string of the molecule is CCOC(=O)CCC1Sc2ccc(C(=N)N)cc2N1c1nc2ccccc2[nH]1. The molecule has 4 N–H and O–H groups in total. The molecule has 0 saturated heterocycles. The second-order valence-corrected chi connectivity index (χ2v) is 7.68. The number of amidine groups is 1. The number of nitrogen functional groups attached to an aromatic ring is 1. The third-order valence-corrected chi connectivity index (χ3v) is 5.90. The number of rotatable bonds is 6. The molecular weight excluding hydrogens is 374 g/mol. The molecule has 0 fully saturated rings. The first-order valence-corrected chi connectivity index (χ1v) is 9.99. The maximum Gasteiger partial charge on any atom is 0.305 e. The summed E-state index contributed by atoms with van der Waals surface area (Å²) < 4.78 is 5.08. The molecule has 144 valence electrons. The molecule has 3 aromatic rings. The van der Waals surface area contributed by atoms with Gasteiger partial charge in [-0.2, -0.15) is 0 Å². The predicted molar refractivity (Wildman–Crippen MR) is 111 cm³/mol. The Bertz CT molecular complexity index is 1020. The summed E-state index contributed by atoms with van der Waals surface area (Å²) in [6.07, 6.45) is 0.945. The van der Waals surface area contributed by atoms with Crippen LogP contribution in [-0.2, 0) is 9.53 Å². The van der Waals surface area contributed by atoms with Gasteiger partial charge in [-0.1, -0.05) is 30.0 Å². The lowest BCUT2D eigenvalue weighted by Crippen LogP contribution is -2.26. The molecule has 1 aromatic heterocycles. The number of anilines is 2. The quantitative estimate of drug-likeness (QED) is 0.333. The number of ether oxygens (including phenoxy) is 1. The molecule has 7 nitrogen and oxygen atoms in total. The number of carbonyl (C=O) groups excluding carboxylic acids is 1. The van der Waals surface area contributed by atoms with Gasteiger partial charge >= 0.3 is 5.97 Å². The van der Waals surface area contributed by atoms with Gasteiger partial charge in [0.2, 0.25) is 5.95 Å². The first-order valence-electron chi connectivity index (χ1n) is 9.11. The van der Waals surface area contributed by atoms with Crippen LogP contribution in [0.4, 0.5) is 11.6 Å². The van der Waals surface area contributed by atoms with Gasteiger partial charge < -0.3 is 15.5 Å². The molecule has 2 heterocycles. The van der Waals surface area contributed by atoms with Crippen LogP contribution in [0.1, 0.15) is 25.3 Å². The van der Waals surface area contributed by atoms with Crippen LogP contribution in [-0.4, -0.2) is 33.8 Å². The van der Waals surface area contributed by atoms with Crippen molar-refractivity contribution in [1.82, 2.24) is 9.97 Å². The maximum absolute atomic E-state index is 11.9. The van der Waals surface area contributed by atoms with E-state index in [9.17, 15) is 4.79 Å². The van der Waals surface area contributed by atoms with Crippen LogP contribution in [0.25, 0.3) is 11.0 Å². The zero-order chi connectivity index (χ0) is 19.7. The molecule has 1 atom stereocenters. The van der Waals surface area contributed by atoms with Crippen LogP contribution in [0.5, 0.6) is 0 Å². The number of esters is 1. The van der Waals surface area contributed by atoms with Crippen LogP contribution in [0.2, 0.25) is 0 Å². The third-order valence-electron chi connectivity index (χ3n) is 4.59. The van der Waals surface area contributed by atoms with Gasteiger partial charge in [-0.25, -0.2) is 4.98 Å². The van der Waals surface area contributed by atoms with E-state index in [1.165, 1.54) is 0 Å². The minimum atomic E-state index is -0.201. The first kappa shape index (κ1) is 18.4. The Balaban J connectivity index is 1.72. The van der Waals surface area contributed by atoms with Crippen molar-refractivity contribution in [2.75, 3.05) is 11.5 Å². The fourth-order valence-electron chi connectivity index (χ4n) is 3.29. The van der Waals surface area contributed by atoms with Crippen molar-refractivity contribution in [2.45, 2.75) is 30.0 Å². The van der Waals surface area contributed by atoms with E-state index in [0.717, 1.165) is 21.6 Å². The fraction of sp³-hybridized carbons (Fsp3) is 0.250. The largest absolute Gasteiger partial charge is 0.466 e. The standard InChI is InChI=1S/C20H21N5O2S/c1-2-27-18(26)10-9-17-25(20-23-13-5-3-4-6-14(13)24-20)15-11-12(19(21)22)7-8-16(15)28-17/h3-8,11,17H,2,9-10H2,1H3,(H3,21,22)(H,23,24). The summed E-state index contributed by atoms with van der Waals surface area (Å²) in [6, 6.07) is 13.6. The highest BCUT2D eigenvalue weighted by molar-refractivity contribution is 8.00. The van der Waals surface area contributed by atoms with E-state index in [1.54, 1.807) is 11.8 Å². The van der Waals surface area contributed by atoms with Gasteiger partial charge in [-0.15, -0.1) is 0 Å². The van der Waals surface area contributed by atoms with Crippen molar-refractivity contribution in [3.63, 3.8) is 0 Å². The van der Waals surface area contributed by atoms with E-state index < -0.39 is 0 Å². The average Bonchev–Trinajstić information content (AvgIpc) is 3.26. The summed E-state index contributed by atoms with van der Waals surface area (Å²) in [5.74, 6) is 0.530. The highest BCUT2D eigenvalue weighted by atomic mass is 32.2. The Morgan fingerprint density at radius 3 is 2.93 bits per heavy atom. The first-order chi connectivity index (χ1) is 13.6. The van der Waals surface area contributed by atoms with Crippen LogP contribution >= 0.6 is 11.8 Å². The minimum absolute atomic E-state index is 0.0119. The second kappa shape index (κ2) is 7.55. The molecule has 0 saturated carbocycles. The average molecular weight is 395 g/mol. The van der Waals surface area contributed by atoms with E-state index >= 15 is 0 Å². The van der Waals surface area contributed by atoms with E-state index in [2.05, 4.69) is 9.88 Å². The molecule has 0 radical (unpaired) electrons. The number of nitrogens with one attached hydrogen (secondary N) is 2. The number of hydrogen-bond donors (Lipinski definition) is 3. The number of thioether (sulfide) groups is 1. The number of aromatic nitrogens is 2. The molecule has 2 aromatic carbocycles. The van der Waals surface area contributed by atoms with Gasteiger partial charge in [0.1, 0.15) is 5.84 Å². The smallest absolute Gasteiger partial charge is 0.305 e. The minimum Gasteiger partial charge on any atom is -0.466 e. The Morgan fingerprint density at radius 1 is 1.36 bits per heavy atom. The molecule has 8 heteroatoms. The Hall–Kier alpha value is -3.00. The van der Waals surface area contributed by atoms with Crippen molar-refractivity contribution < 1.29 is 9.53 Å². The molecule has 0 amide bonds. The molecule has 1 unspecified atom stereocenters. The lowest BCUT2D eigenvalue weighted by atomic mass is 10.1. The summed E-state index contributed by atoms with van der Waals surface area (Å²) in [5.41, 5.74) is 9.11. The monoisotopic (exact) mass is 395 g/mol. The van der Waals surface area contributed by atoms with Gasteiger partial charge in [0, 0.05) is 16.9 Å². The number of para-hydroxylation sites is 2. The van der Waals surface area contributed by atoms with Crippen LogP contribution in [0.3, 0.4) is 0 Å². The maximum atomic E-state index is 11.9. The zero-order valence-electron chi connectivity index (χ0n) is 15.4. The van der Waals surface area contributed by atoms with Gasteiger partial charge in [0.15, 0.2) is 0 Å². The molecule has 0 spiro atoms. The lowest BCUT2D eigenvalue weighted by molar-refractivity contribution is -0.143. The van der Waals surface area contributed by atoms with E-state index in [-0.39, 0.29) is 17.2 Å². The van der Waals surface area contributed by atoms with Crippen molar-refractivity contribution in [3.8, 4) is 0 Å². The lowest BCUT2D eigenvalue weighted by Gasteiger charge is -2.24. The molecule has 4 rings (SSSR count). The molecule has 1 aliphatic rings. The van der Waals surface area contributed by atoms with E-state index in [0.29, 0.717) is 31.0 Å². The summed E-state index contributed by atoms with van der Waals surface area (Å²) in [5, 5.41) is 7.75. The summed E-state index contributed by atoms with van der Waals surface area (Å²) >= 11 is 1.68. The molecular formula is C20H21N5O2S. The number of fused-ring (bicyclic) bond motifs is 2. The molecule has 0 aliphatic carbocycles. The number of benzene rings is 2. The van der Waals surface area contributed by atoms with E-state index in [4.69, 9.17) is 20.9 Å². The molecule has 1 aliphatic heterocycles. The Morgan fingerprint density at radius 2 is 2.18 bits per heavy atom. The number of hydrogen-bond acceptors (Lipinski definition) is 6. The highest BCUT2D eigenvalue weighted by Gasteiger charge is 2.34. The van der Waals surface area contributed by atoms with Crippen molar-refractivity contribution in [3.05, 3.63) is 48.0 Å². The third kappa shape index (κ3) is 3.43. The Labute approximate surface area is 166 Å². The van der Waals surface area contributed by atoms with Crippen LogP contribution < -0.4 is 10.6 Å². The molecule has 0 bridgehead atoms. The number of aromatic amines is 1. The van der Waals surface area contributed by atoms with Gasteiger partial charge in [-0.05, 0) is 37.6 Å². The Kier molecular flexibility index (Phi) is 4.95. The zero-order valence-corrected chi connectivity index (χ0v) is 16.3. The summed E-state index contributed by atoms with van der Waals surface area (Å²) in [7, 11) is 0. The van der Waals surface area contributed by atoms with Gasteiger partial charge in [0.05, 0.1) is 28.7 Å². The van der Waals surface area contributed by atoms with Crippen LogP contribution in [0.15, 0.2) is 47.4 Å². The van der Waals surface area contributed by atoms with Crippen LogP contribution in [0, 0.1) is 5.41 Å². The van der Waals surface area contributed by atoms with Crippen molar-refractivity contribution >= 4 is 46.2 Å². The summed E-state index contributed by atoms with van der Waals surface area (Å²) in [4.78, 5) is 23.1. The van der Waals surface area contributed by atoms with E-state index in [1.807, 2.05) is 49.4 Å². The number of nitrogens with zero attached hydrogens (tertiary/aromatic N) is 2. The normalized spacial score (nSPS) is 15.6.